The Bertz CT molecular complexity index is 915. The van der Waals surface area contributed by atoms with E-state index >= 15 is 0 Å². The molecule has 0 aliphatic carbocycles. The van der Waals surface area contributed by atoms with Crippen LogP contribution in [-0.4, -0.2) is 34.6 Å². The highest BCUT2D eigenvalue weighted by Crippen LogP contribution is 2.19. The van der Waals surface area contributed by atoms with Gasteiger partial charge < -0.3 is 4.90 Å². The highest BCUT2D eigenvalue weighted by atomic mass is 15.1. The summed E-state index contributed by atoms with van der Waals surface area (Å²) in [4.78, 5) is 19.3. The maximum absolute atomic E-state index is 4.50. The van der Waals surface area contributed by atoms with Crippen molar-refractivity contribution in [1.82, 2.24) is 14.9 Å². The predicted molar refractivity (Wildman–Crippen MR) is 99.5 cm³/mol. The third kappa shape index (κ3) is 3.81. The summed E-state index contributed by atoms with van der Waals surface area (Å²) < 4.78 is 0. The Kier molecular flexibility index (Phi) is 4.61. The first kappa shape index (κ1) is 15.8. The number of aryl methyl sites for hydroxylation is 2. The molecule has 0 unspecified atom stereocenters. The number of aromatic nitrogens is 2. The van der Waals surface area contributed by atoms with Crippen LogP contribution in [0.2, 0.25) is 0 Å². The zero-order valence-corrected chi connectivity index (χ0v) is 14.0. The fraction of sp³-hybridized carbons (Fsp3) is 0.158. The van der Waals surface area contributed by atoms with Gasteiger partial charge in [0.05, 0.1) is 35.1 Å². The largest absolute Gasteiger partial charge is 0.326 e. The van der Waals surface area contributed by atoms with E-state index in [0.717, 1.165) is 28.0 Å². The van der Waals surface area contributed by atoms with Crippen molar-refractivity contribution in [3.8, 4) is 0 Å². The van der Waals surface area contributed by atoms with Crippen molar-refractivity contribution in [2.75, 3.05) is 7.05 Å². The maximum Gasteiger partial charge on any atom is 0.0961 e. The summed E-state index contributed by atoms with van der Waals surface area (Å²) in [7, 11) is 1.90. The Morgan fingerprint density at radius 3 is 2.42 bits per heavy atom. The number of nitrogens with zero attached hydrogens (tertiary/aromatic N) is 5. The number of aliphatic imine (C=N–C) groups is 2. The van der Waals surface area contributed by atoms with Crippen molar-refractivity contribution in [3.05, 3.63) is 59.9 Å². The number of rotatable bonds is 4. The van der Waals surface area contributed by atoms with Crippen LogP contribution in [0.1, 0.15) is 11.1 Å². The van der Waals surface area contributed by atoms with E-state index in [0.29, 0.717) is 0 Å². The molecule has 0 saturated heterocycles. The van der Waals surface area contributed by atoms with Gasteiger partial charge in [0.2, 0.25) is 0 Å². The third-order valence-electron chi connectivity index (χ3n) is 3.57. The van der Waals surface area contributed by atoms with Crippen LogP contribution in [0.5, 0.6) is 0 Å². The molecule has 0 atom stereocenters. The Morgan fingerprint density at radius 2 is 1.62 bits per heavy atom. The summed E-state index contributed by atoms with van der Waals surface area (Å²) in [5.74, 6) is 0. The third-order valence-corrected chi connectivity index (χ3v) is 3.57. The molecule has 5 heteroatoms. The van der Waals surface area contributed by atoms with Crippen molar-refractivity contribution in [2.45, 2.75) is 13.8 Å². The molecule has 0 bridgehead atoms. The van der Waals surface area contributed by atoms with Crippen LogP contribution >= 0.6 is 0 Å². The van der Waals surface area contributed by atoms with E-state index in [1.54, 1.807) is 25.1 Å². The molecule has 1 aromatic heterocycles. The Hall–Kier alpha value is -3.08. The molecule has 2 aromatic carbocycles. The van der Waals surface area contributed by atoms with E-state index in [1.165, 1.54) is 5.56 Å². The van der Waals surface area contributed by atoms with Crippen LogP contribution in [0.4, 0.5) is 11.4 Å². The van der Waals surface area contributed by atoms with Gasteiger partial charge in [0.1, 0.15) is 0 Å². The van der Waals surface area contributed by atoms with Gasteiger partial charge in [0.15, 0.2) is 0 Å². The normalized spacial score (nSPS) is 11.6. The van der Waals surface area contributed by atoms with Gasteiger partial charge in [-0.1, -0.05) is 17.7 Å². The topological polar surface area (TPSA) is 53.7 Å². The first-order valence-corrected chi connectivity index (χ1v) is 7.70. The maximum atomic E-state index is 4.50. The number of hydrogen-bond donors (Lipinski definition) is 0. The van der Waals surface area contributed by atoms with Gasteiger partial charge in [-0.25, -0.2) is 9.98 Å². The van der Waals surface area contributed by atoms with Crippen LogP contribution in [0.3, 0.4) is 0 Å². The second-order valence-electron chi connectivity index (χ2n) is 5.67. The summed E-state index contributed by atoms with van der Waals surface area (Å²) in [5, 5.41) is 0. The second kappa shape index (κ2) is 7.00. The van der Waals surface area contributed by atoms with Gasteiger partial charge >= 0.3 is 0 Å². The number of fused-ring (bicyclic) bond motifs is 1. The summed E-state index contributed by atoms with van der Waals surface area (Å²) in [5.41, 5.74) is 5.88. The second-order valence-corrected chi connectivity index (χ2v) is 5.67. The first-order chi connectivity index (χ1) is 11.6. The Morgan fingerprint density at radius 1 is 0.875 bits per heavy atom. The molecule has 0 saturated carbocycles. The zero-order chi connectivity index (χ0) is 16.9. The van der Waals surface area contributed by atoms with Gasteiger partial charge in [-0.2, -0.15) is 0 Å². The highest BCUT2D eigenvalue weighted by Gasteiger charge is 1.97. The molecule has 0 fully saturated rings. The first-order valence-electron chi connectivity index (χ1n) is 7.70. The lowest BCUT2D eigenvalue weighted by Crippen LogP contribution is -2.12. The minimum atomic E-state index is 0.828. The minimum Gasteiger partial charge on any atom is -0.326 e. The fourth-order valence-electron chi connectivity index (χ4n) is 2.32. The highest BCUT2D eigenvalue weighted by molar-refractivity contribution is 5.81. The van der Waals surface area contributed by atoms with Crippen molar-refractivity contribution in [3.63, 3.8) is 0 Å². The van der Waals surface area contributed by atoms with Crippen LogP contribution in [0, 0.1) is 13.8 Å². The molecular formula is C19H19N5. The molecule has 120 valence electrons. The van der Waals surface area contributed by atoms with Gasteiger partial charge in [-0.05, 0) is 43.7 Å². The van der Waals surface area contributed by atoms with Crippen LogP contribution in [-0.2, 0) is 0 Å². The molecule has 1 heterocycles. The van der Waals surface area contributed by atoms with Crippen molar-refractivity contribution < 1.29 is 0 Å². The fourth-order valence-corrected chi connectivity index (χ4v) is 2.32. The van der Waals surface area contributed by atoms with Crippen LogP contribution < -0.4 is 0 Å². The standard InChI is InChI=1S/C19H19N5/c1-14-4-6-17(15(2)10-14)23-13-24(3)12-22-16-5-7-18-19(11-16)21-9-8-20-18/h4-13H,1-3H3. The SMILES string of the molecule is Cc1ccc(N=CN(C)C=Nc2ccc3nccnc3c2)c(C)c1. The average Bonchev–Trinajstić information content (AvgIpc) is 2.59. The molecule has 5 nitrogen and oxygen atoms in total. The predicted octanol–water partition coefficient (Wildman–Crippen LogP) is 4.20. The zero-order valence-electron chi connectivity index (χ0n) is 14.0. The number of hydrogen-bond acceptors (Lipinski definition) is 4. The van der Waals surface area contributed by atoms with E-state index in [1.807, 2.05) is 36.2 Å². The quantitative estimate of drug-likeness (QED) is 0.535. The van der Waals surface area contributed by atoms with Crippen molar-refractivity contribution in [2.24, 2.45) is 9.98 Å². The summed E-state index contributed by atoms with van der Waals surface area (Å²) in [6, 6.07) is 11.9. The average molecular weight is 317 g/mol. The van der Waals surface area contributed by atoms with Gasteiger partial charge in [0, 0.05) is 19.4 Å². The van der Waals surface area contributed by atoms with Gasteiger partial charge in [-0.15, -0.1) is 0 Å². The smallest absolute Gasteiger partial charge is 0.0961 e. The molecule has 0 radical (unpaired) electrons. The number of benzene rings is 2. The van der Waals surface area contributed by atoms with E-state index in [-0.39, 0.29) is 0 Å². The molecule has 3 rings (SSSR count). The van der Waals surface area contributed by atoms with Gasteiger partial charge in [-0.3, -0.25) is 9.97 Å². The van der Waals surface area contributed by atoms with Crippen molar-refractivity contribution in [1.29, 1.82) is 0 Å². The Balaban J connectivity index is 1.71. The van der Waals surface area contributed by atoms with E-state index in [4.69, 9.17) is 0 Å². The molecule has 24 heavy (non-hydrogen) atoms. The lowest BCUT2D eigenvalue weighted by atomic mass is 10.1. The monoisotopic (exact) mass is 317 g/mol. The summed E-state index contributed by atoms with van der Waals surface area (Å²) in [6.45, 7) is 4.14. The van der Waals surface area contributed by atoms with Crippen molar-refractivity contribution >= 4 is 35.1 Å². The lowest BCUT2D eigenvalue weighted by Gasteiger charge is -2.06. The van der Waals surface area contributed by atoms with E-state index < -0.39 is 0 Å². The van der Waals surface area contributed by atoms with Crippen LogP contribution in [0.15, 0.2) is 58.8 Å². The molecule has 3 aromatic rings. The lowest BCUT2D eigenvalue weighted by molar-refractivity contribution is 0.802. The Labute approximate surface area is 141 Å². The summed E-state index contributed by atoms with van der Waals surface area (Å²) >= 11 is 0. The molecule has 0 spiro atoms. The molecule has 0 aliphatic heterocycles. The van der Waals surface area contributed by atoms with E-state index in [9.17, 15) is 0 Å². The molecule has 0 amide bonds. The minimum absolute atomic E-state index is 0.828. The van der Waals surface area contributed by atoms with Gasteiger partial charge in [0.25, 0.3) is 0 Å². The van der Waals surface area contributed by atoms with Crippen LogP contribution in [0.25, 0.3) is 11.0 Å². The van der Waals surface area contributed by atoms with E-state index in [2.05, 4.69) is 45.9 Å². The molecule has 0 aliphatic rings. The summed E-state index contributed by atoms with van der Waals surface area (Å²) in [6.07, 6.45) is 6.84. The molecule has 0 N–H and O–H groups in total. The molecular weight excluding hydrogens is 298 g/mol.